The third-order valence-electron chi connectivity index (χ3n) is 4.10. The number of hydrogen-bond donors (Lipinski definition) is 1. The van der Waals surface area contributed by atoms with E-state index in [1.54, 1.807) is 31.2 Å². The van der Waals surface area contributed by atoms with Crippen molar-refractivity contribution < 1.29 is 13.5 Å². The van der Waals surface area contributed by atoms with Crippen molar-refractivity contribution in [1.29, 1.82) is 0 Å². The van der Waals surface area contributed by atoms with Crippen LogP contribution in [0.25, 0.3) is 0 Å². The number of sulfone groups is 1. The lowest BCUT2D eigenvalue weighted by Crippen LogP contribution is -2.36. The molecule has 0 saturated carbocycles. The Kier molecular flexibility index (Phi) is 4.52. The predicted octanol–water partition coefficient (Wildman–Crippen LogP) is 1.23. The van der Waals surface area contributed by atoms with Gasteiger partial charge in [-0.3, -0.25) is 9.58 Å². The molecule has 3 rings (SSSR count). The van der Waals surface area contributed by atoms with Gasteiger partial charge in [0.1, 0.15) is 0 Å². The first-order valence-corrected chi connectivity index (χ1v) is 9.36. The van der Waals surface area contributed by atoms with Crippen molar-refractivity contribution in [3.8, 4) is 0 Å². The minimum Gasteiger partial charge on any atom is -0.387 e. The van der Waals surface area contributed by atoms with Gasteiger partial charge in [0.25, 0.3) is 0 Å². The zero-order chi connectivity index (χ0) is 16.4. The van der Waals surface area contributed by atoms with Crippen molar-refractivity contribution in [2.24, 2.45) is 0 Å². The first kappa shape index (κ1) is 16.2. The van der Waals surface area contributed by atoms with E-state index in [1.807, 2.05) is 16.8 Å². The van der Waals surface area contributed by atoms with Crippen LogP contribution in [-0.2, 0) is 22.9 Å². The maximum atomic E-state index is 12.3. The Morgan fingerprint density at radius 2 is 2.00 bits per heavy atom. The van der Waals surface area contributed by atoms with Crippen molar-refractivity contribution in [2.45, 2.75) is 31.0 Å². The zero-order valence-electron chi connectivity index (χ0n) is 13.1. The molecule has 1 aromatic heterocycles. The Morgan fingerprint density at radius 3 is 2.70 bits per heavy atom. The van der Waals surface area contributed by atoms with E-state index >= 15 is 0 Å². The van der Waals surface area contributed by atoms with Crippen LogP contribution in [0, 0.1) is 0 Å². The summed E-state index contributed by atoms with van der Waals surface area (Å²) in [5.74, 6) is 0.106. The van der Waals surface area contributed by atoms with Gasteiger partial charge < -0.3 is 5.11 Å². The minimum absolute atomic E-state index is 0.106. The molecule has 0 radical (unpaired) electrons. The molecule has 2 aromatic rings. The van der Waals surface area contributed by atoms with E-state index in [1.165, 1.54) is 0 Å². The summed E-state index contributed by atoms with van der Waals surface area (Å²) in [6.07, 6.45) is -0.583. The highest BCUT2D eigenvalue weighted by Crippen LogP contribution is 2.18. The van der Waals surface area contributed by atoms with Crippen molar-refractivity contribution in [3.63, 3.8) is 0 Å². The van der Waals surface area contributed by atoms with Gasteiger partial charge in [-0.25, -0.2) is 8.42 Å². The van der Waals surface area contributed by atoms with Gasteiger partial charge in [-0.05, 0) is 25.1 Å². The smallest absolute Gasteiger partial charge is 0.179 e. The van der Waals surface area contributed by atoms with Gasteiger partial charge in [-0.1, -0.05) is 18.2 Å². The van der Waals surface area contributed by atoms with E-state index in [4.69, 9.17) is 0 Å². The van der Waals surface area contributed by atoms with Gasteiger partial charge in [0.15, 0.2) is 9.84 Å². The fourth-order valence-electron chi connectivity index (χ4n) is 2.73. The highest BCUT2D eigenvalue weighted by atomic mass is 32.2. The first-order chi connectivity index (χ1) is 11.0. The molecule has 2 heterocycles. The maximum absolute atomic E-state index is 12.3. The molecule has 1 aliphatic heterocycles. The maximum Gasteiger partial charge on any atom is 0.179 e. The second-order valence-electron chi connectivity index (χ2n) is 5.87. The third-order valence-corrected chi connectivity index (χ3v) is 5.81. The molecule has 1 atom stereocenters. The average molecular weight is 335 g/mol. The lowest BCUT2D eigenvalue weighted by molar-refractivity contribution is 0.191. The molecule has 7 heteroatoms. The highest BCUT2D eigenvalue weighted by molar-refractivity contribution is 7.91. The topological polar surface area (TPSA) is 75.4 Å². The Bertz CT molecular complexity index is 769. The molecule has 0 spiro atoms. The lowest BCUT2D eigenvalue weighted by Gasteiger charge is -2.27. The number of rotatable bonds is 5. The fourth-order valence-corrected chi connectivity index (χ4v) is 4.04. The van der Waals surface area contributed by atoms with E-state index in [9.17, 15) is 13.5 Å². The summed E-state index contributed by atoms with van der Waals surface area (Å²) in [4.78, 5) is 2.49. The number of nitrogens with zero attached hydrogens (tertiary/aromatic N) is 3. The summed E-state index contributed by atoms with van der Waals surface area (Å²) in [5, 5.41) is 14.0. The van der Waals surface area contributed by atoms with Crippen molar-refractivity contribution >= 4 is 9.84 Å². The molecule has 1 N–H and O–H groups in total. The van der Waals surface area contributed by atoms with E-state index in [-0.39, 0.29) is 5.75 Å². The zero-order valence-corrected chi connectivity index (χ0v) is 13.9. The van der Waals surface area contributed by atoms with Gasteiger partial charge in [-0.15, -0.1) is 0 Å². The van der Waals surface area contributed by atoms with Gasteiger partial charge in [0.2, 0.25) is 0 Å². The van der Waals surface area contributed by atoms with Crippen LogP contribution in [0.4, 0.5) is 0 Å². The third kappa shape index (κ3) is 3.63. The fraction of sp³-hybridized carbons (Fsp3) is 0.438. The number of aliphatic hydroxyl groups is 1. The van der Waals surface area contributed by atoms with Crippen molar-refractivity contribution in [2.75, 3.05) is 18.8 Å². The molecule has 1 aromatic carbocycles. The van der Waals surface area contributed by atoms with Crippen LogP contribution >= 0.6 is 0 Å². The van der Waals surface area contributed by atoms with Gasteiger partial charge >= 0.3 is 0 Å². The summed E-state index contributed by atoms with van der Waals surface area (Å²) in [5.41, 5.74) is 1.68. The Hall–Kier alpha value is -1.70. The number of fused-ring (bicyclic) bond motifs is 1. The summed E-state index contributed by atoms with van der Waals surface area (Å²) in [6.45, 7) is 4.32. The quantitative estimate of drug-likeness (QED) is 0.889. The SMILES string of the molecule is C[C@@H](O)c1cc2n(n1)CCN(CCS(=O)(=O)c1ccccc1)C2. The first-order valence-electron chi connectivity index (χ1n) is 7.70. The summed E-state index contributed by atoms with van der Waals surface area (Å²) in [7, 11) is -3.25. The molecule has 0 aliphatic carbocycles. The molecule has 0 unspecified atom stereocenters. The van der Waals surface area contributed by atoms with E-state index < -0.39 is 15.9 Å². The number of aromatic nitrogens is 2. The molecule has 124 valence electrons. The summed E-state index contributed by atoms with van der Waals surface area (Å²) in [6, 6.07) is 10.5. The number of aliphatic hydroxyl groups excluding tert-OH is 1. The van der Waals surface area contributed by atoms with Crippen LogP contribution in [0.2, 0.25) is 0 Å². The largest absolute Gasteiger partial charge is 0.387 e. The van der Waals surface area contributed by atoms with Crippen molar-refractivity contribution in [3.05, 3.63) is 47.8 Å². The highest BCUT2D eigenvalue weighted by Gasteiger charge is 2.22. The molecule has 23 heavy (non-hydrogen) atoms. The Morgan fingerprint density at radius 1 is 1.26 bits per heavy atom. The number of benzene rings is 1. The monoisotopic (exact) mass is 335 g/mol. The summed E-state index contributed by atoms with van der Waals surface area (Å²) < 4.78 is 26.6. The molecule has 6 nitrogen and oxygen atoms in total. The molecule has 0 saturated heterocycles. The second-order valence-corrected chi connectivity index (χ2v) is 7.98. The molecule has 1 aliphatic rings. The van der Waals surface area contributed by atoms with Gasteiger partial charge in [-0.2, -0.15) is 5.10 Å². The molecule has 0 bridgehead atoms. The number of hydrogen-bond acceptors (Lipinski definition) is 5. The van der Waals surface area contributed by atoms with Crippen LogP contribution in [0.5, 0.6) is 0 Å². The molecular formula is C16H21N3O3S. The van der Waals surface area contributed by atoms with E-state index in [0.717, 1.165) is 12.2 Å². The van der Waals surface area contributed by atoms with E-state index in [0.29, 0.717) is 30.2 Å². The van der Waals surface area contributed by atoms with Crippen LogP contribution in [0.3, 0.4) is 0 Å². The second kappa shape index (κ2) is 6.43. The van der Waals surface area contributed by atoms with Crippen LogP contribution in [0.1, 0.15) is 24.4 Å². The van der Waals surface area contributed by atoms with Gasteiger partial charge in [0, 0.05) is 19.6 Å². The predicted molar refractivity (Wildman–Crippen MR) is 86.6 cm³/mol. The van der Waals surface area contributed by atoms with Crippen LogP contribution in [-0.4, -0.2) is 47.0 Å². The standard InChI is InChI=1S/C16H21N3O3S/c1-13(20)16-11-14-12-18(7-8-19(14)17-16)9-10-23(21,22)15-5-3-2-4-6-15/h2-6,11,13,20H,7-10,12H2,1H3/t13-/m1/s1. The lowest BCUT2D eigenvalue weighted by atomic mass is 10.2. The normalized spacial score (nSPS) is 17.0. The summed E-state index contributed by atoms with van der Waals surface area (Å²) >= 11 is 0. The minimum atomic E-state index is -3.25. The molecule has 0 fully saturated rings. The van der Waals surface area contributed by atoms with Crippen LogP contribution < -0.4 is 0 Å². The Labute approximate surface area is 136 Å². The molecular weight excluding hydrogens is 314 g/mol. The average Bonchev–Trinajstić information content (AvgIpc) is 2.97. The van der Waals surface area contributed by atoms with Crippen molar-refractivity contribution in [1.82, 2.24) is 14.7 Å². The van der Waals surface area contributed by atoms with Gasteiger partial charge in [0.05, 0.1) is 34.7 Å². The van der Waals surface area contributed by atoms with Crippen LogP contribution in [0.15, 0.2) is 41.3 Å². The Balaban J connectivity index is 1.64. The molecule has 0 amide bonds. The van der Waals surface area contributed by atoms with E-state index in [2.05, 4.69) is 10.00 Å².